The number of nitrogens with zero attached hydrogens (tertiary/aromatic N) is 6. The monoisotopic (exact) mass is 477 g/mol. The van der Waals surface area contributed by atoms with Crippen LogP contribution in [0.5, 0.6) is 0 Å². The maximum Gasteiger partial charge on any atom is 0.227 e. The summed E-state index contributed by atoms with van der Waals surface area (Å²) in [5.74, 6) is 0.767. The van der Waals surface area contributed by atoms with Crippen molar-refractivity contribution in [2.45, 2.75) is 51.1 Å². The molecule has 1 atom stereocenters. The van der Waals surface area contributed by atoms with Crippen LogP contribution in [0.25, 0.3) is 11.4 Å². The van der Waals surface area contributed by atoms with Crippen molar-refractivity contribution in [1.29, 1.82) is 0 Å². The first-order chi connectivity index (χ1) is 17.0. The van der Waals surface area contributed by atoms with E-state index in [1.165, 1.54) is 25.5 Å². The second-order valence-corrected chi connectivity index (χ2v) is 9.59. The molecule has 184 valence electrons. The van der Waals surface area contributed by atoms with Crippen LogP contribution in [0.15, 0.2) is 36.7 Å². The average Bonchev–Trinajstić information content (AvgIpc) is 3.27. The maximum atomic E-state index is 14.9. The minimum absolute atomic E-state index is 0.153. The summed E-state index contributed by atoms with van der Waals surface area (Å²) in [5.41, 5.74) is 2.92. The van der Waals surface area contributed by atoms with E-state index < -0.39 is 5.82 Å². The number of piperazine rings is 1. The molecule has 1 aromatic carbocycles. The standard InChI is InChI=1S/C26H32FN7O/c1-18-28-15-23(34(18)21-6-4-3-5-7-21)25-22(27)14-29-26(31-25)30-20-10-8-19(9-11-20)24-16-33(17-35)13-12-32(24)2/h8-11,14-15,17,21,24H,3-7,12-13,16H2,1-2H3,(H,29,30,31). The van der Waals surface area contributed by atoms with E-state index in [4.69, 9.17) is 0 Å². The molecule has 1 saturated heterocycles. The minimum Gasteiger partial charge on any atom is -0.342 e. The Morgan fingerprint density at radius 3 is 2.57 bits per heavy atom. The Morgan fingerprint density at radius 1 is 1.06 bits per heavy atom. The van der Waals surface area contributed by atoms with Crippen molar-refractivity contribution in [2.24, 2.45) is 0 Å². The summed E-state index contributed by atoms with van der Waals surface area (Å²) in [7, 11) is 2.08. The number of hydrogen-bond donors (Lipinski definition) is 1. The summed E-state index contributed by atoms with van der Waals surface area (Å²) in [6, 6.07) is 8.50. The predicted molar refractivity (Wildman–Crippen MR) is 133 cm³/mol. The zero-order valence-electron chi connectivity index (χ0n) is 20.3. The van der Waals surface area contributed by atoms with Gasteiger partial charge >= 0.3 is 0 Å². The van der Waals surface area contributed by atoms with Gasteiger partial charge < -0.3 is 14.8 Å². The Bertz CT molecular complexity index is 1170. The number of carbonyl (C=O) groups is 1. The van der Waals surface area contributed by atoms with Gasteiger partial charge in [0, 0.05) is 31.4 Å². The lowest BCUT2D eigenvalue weighted by molar-refractivity contribution is -0.120. The first-order valence-corrected chi connectivity index (χ1v) is 12.4. The van der Waals surface area contributed by atoms with E-state index in [-0.39, 0.29) is 11.7 Å². The minimum atomic E-state index is -0.456. The normalized spacial score (nSPS) is 19.6. The van der Waals surface area contributed by atoms with Gasteiger partial charge in [-0.05, 0) is 44.5 Å². The molecule has 2 fully saturated rings. The van der Waals surface area contributed by atoms with E-state index in [0.29, 0.717) is 24.2 Å². The molecule has 3 aromatic rings. The molecule has 5 rings (SSSR count). The van der Waals surface area contributed by atoms with E-state index in [1.807, 2.05) is 36.1 Å². The van der Waals surface area contributed by atoms with Gasteiger partial charge in [-0.15, -0.1) is 0 Å². The van der Waals surface area contributed by atoms with Gasteiger partial charge in [-0.3, -0.25) is 9.69 Å². The largest absolute Gasteiger partial charge is 0.342 e. The number of carbonyl (C=O) groups excluding carboxylic acids is 1. The molecule has 1 N–H and O–H groups in total. The number of aryl methyl sites for hydroxylation is 1. The molecule has 1 saturated carbocycles. The van der Waals surface area contributed by atoms with Crippen LogP contribution in [-0.4, -0.2) is 62.4 Å². The summed E-state index contributed by atoms with van der Waals surface area (Å²) in [6.07, 6.45) is 9.63. The molecule has 1 amide bonds. The van der Waals surface area contributed by atoms with Gasteiger partial charge in [0.25, 0.3) is 0 Å². The van der Waals surface area contributed by atoms with E-state index in [1.54, 1.807) is 6.20 Å². The van der Waals surface area contributed by atoms with Crippen molar-refractivity contribution in [3.63, 3.8) is 0 Å². The summed E-state index contributed by atoms with van der Waals surface area (Å²) in [6.45, 7) is 4.23. The Hall–Kier alpha value is -3.33. The molecule has 2 aromatic heterocycles. The SMILES string of the molecule is Cc1ncc(-c2nc(Nc3ccc(C4CN(C=O)CCN4C)cc3)ncc2F)n1C1CCCCC1. The summed E-state index contributed by atoms with van der Waals surface area (Å²) < 4.78 is 17.0. The van der Waals surface area contributed by atoms with E-state index in [2.05, 4.69) is 36.8 Å². The van der Waals surface area contributed by atoms with Gasteiger partial charge in [-0.25, -0.2) is 19.3 Å². The molecule has 2 aliphatic rings. The fourth-order valence-corrected chi connectivity index (χ4v) is 5.30. The molecule has 35 heavy (non-hydrogen) atoms. The van der Waals surface area contributed by atoms with Crippen molar-refractivity contribution in [1.82, 2.24) is 29.3 Å². The third kappa shape index (κ3) is 4.91. The van der Waals surface area contributed by atoms with Crippen molar-refractivity contribution in [3.05, 3.63) is 53.9 Å². The van der Waals surface area contributed by atoms with Gasteiger partial charge in [0.2, 0.25) is 12.4 Å². The zero-order valence-corrected chi connectivity index (χ0v) is 20.3. The second kappa shape index (κ2) is 10.1. The van der Waals surface area contributed by atoms with Crippen LogP contribution in [-0.2, 0) is 4.79 Å². The Labute approximate surface area is 205 Å². The number of benzene rings is 1. The van der Waals surface area contributed by atoms with Crippen LogP contribution in [0.3, 0.4) is 0 Å². The molecule has 0 radical (unpaired) electrons. The lowest BCUT2D eigenvalue weighted by atomic mass is 9.95. The quantitative estimate of drug-likeness (QED) is 0.528. The topological polar surface area (TPSA) is 79.2 Å². The first kappa shape index (κ1) is 23.4. The fourth-order valence-electron chi connectivity index (χ4n) is 5.30. The predicted octanol–water partition coefficient (Wildman–Crippen LogP) is 4.48. The highest BCUT2D eigenvalue weighted by atomic mass is 19.1. The molecule has 0 spiro atoms. The Balaban J connectivity index is 1.36. The highest BCUT2D eigenvalue weighted by molar-refractivity contribution is 5.60. The molecule has 9 heteroatoms. The van der Waals surface area contributed by atoms with Gasteiger partial charge in [0.15, 0.2) is 5.82 Å². The molecular weight excluding hydrogens is 445 g/mol. The lowest BCUT2D eigenvalue weighted by Crippen LogP contribution is -2.45. The van der Waals surface area contributed by atoms with Gasteiger partial charge in [0.05, 0.1) is 24.1 Å². The van der Waals surface area contributed by atoms with Crippen LogP contribution in [0.1, 0.15) is 55.6 Å². The van der Waals surface area contributed by atoms with Crippen molar-refractivity contribution in [3.8, 4) is 11.4 Å². The van der Waals surface area contributed by atoms with Crippen LogP contribution in [0, 0.1) is 12.7 Å². The Kier molecular flexibility index (Phi) is 6.77. The Morgan fingerprint density at radius 2 is 1.83 bits per heavy atom. The van der Waals surface area contributed by atoms with E-state index in [9.17, 15) is 9.18 Å². The average molecular weight is 478 g/mol. The van der Waals surface area contributed by atoms with Crippen molar-refractivity contribution < 1.29 is 9.18 Å². The highest BCUT2D eigenvalue weighted by Gasteiger charge is 2.25. The number of hydrogen-bond acceptors (Lipinski definition) is 6. The summed E-state index contributed by atoms with van der Waals surface area (Å²) >= 11 is 0. The number of imidazole rings is 1. The number of anilines is 2. The number of halogens is 1. The molecule has 3 heterocycles. The van der Waals surface area contributed by atoms with Crippen molar-refractivity contribution in [2.75, 3.05) is 32.0 Å². The van der Waals surface area contributed by atoms with E-state index >= 15 is 0 Å². The van der Waals surface area contributed by atoms with Crippen LogP contribution in [0.2, 0.25) is 0 Å². The van der Waals surface area contributed by atoms with Crippen LogP contribution in [0.4, 0.5) is 16.0 Å². The molecule has 8 nitrogen and oxygen atoms in total. The van der Waals surface area contributed by atoms with Crippen molar-refractivity contribution >= 4 is 18.0 Å². The molecule has 1 unspecified atom stereocenters. The number of likely N-dealkylation sites (N-methyl/N-ethyl adjacent to an activating group) is 1. The highest BCUT2D eigenvalue weighted by Crippen LogP contribution is 2.34. The summed E-state index contributed by atoms with van der Waals surface area (Å²) in [4.78, 5) is 28.5. The number of nitrogens with one attached hydrogen (secondary N) is 1. The maximum absolute atomic E-state index is 14.9. The van der Waals surface area contributed by atoms with Gasteiger partial charge in [0.1, 0.15) is 11.5 Å². The second-order valence-electron chi connectivity index (χ2n) is 9.59. The summed E-state index contributed by atoms with van der Waals surface area (Å²) in [5, 5.41) is 3.21. The first-order valence-electron chi connectivity index (χ1n) is 12.4. The van der Waals surface area contributed by atoms with Crippen LogP contribution >= 0.6 is 0 Å². The van der Waals surface area contributed by atoms with E-state index in [0.717, 1.165) is 49.4 Å². The lowest BCUT2D eigenvalue weighted by Gasteiger charge is -2.38. The molecular formula is C26H32FN7O. The fraction of sp³-hybridized carbons (Fsp3) is 0.462. The molecule has 1 aliphatic heterocycles. The third-order valence-electron chi connectivity index (χ3n) is 7.29. The smallest absolute Gasteiger partial charge is 0.227 e. The zero-order chi connectivity index (χ0) is 24.4. The van der Waals surface area contributed by atoms with Crippen LogP contribution < -0.4 is 5.32 Å². The van der Waals surface area contributed by atoms with Gasteiger partial charge in [-0.2, -0.15) is 0 Å². The number of aromatic nitrogens is 4. The number of rotatable bonds is 6. The molecule has 0 bridgehead atoms. The molecule has 1 aliphatic carbocycles. The number of amides is 1. The third-order valence-corrected chi connectivity index (χ3v) is 7.29. The van der Waals surface area contributed by atoms with Gasteiger partial charge in [-0.1, -0.05) is 31.4 Å².